The monoisotopic (exact) mass is 901 g/mol. The van der Waals surface area contributed by atoms with Gasteiger partial charge in [-0.2, -0.15) is 24.9 Å². The summed E-state index contributed by atoms with van der Waals surface area (Å²) >= 11 is 0. The number of nitrogens with one attached hydrogen (secondary N) is 1. The number of imidazole rings is 3. The SMILES string of the molecule is C[C@H](Cn1cnc2c(=O)[nH]c(N)nc21)OCP(C)(=O)O.C[C@H](Cn1cnc2c(N)nc(N)nc21)OCP(C)(=O)O.C[C@H](Cn1cnc2c(N)nc(N)nc21)OCP(C)(=O)O. The highest BCUT2D eigenvalue weighted by Crippen LogP contribution is 2.36. The molecule has 0 radical (unpaired) electrons. The second-order valence-electron chi connectivity index (χ2n) is 14.1. The predicted octanol–water partition coefficient (Wildman–Crippen LogP) is 0.472. The predicted molar refractivity (Wildman–Crippen MR) is 224 cm³/mol. The van der Waals surface area contributed by atoms with Crippen molar-refractivity contribution in [1.82, 2.24) is 58.6 Å². The highest BCUT2D eigenvalue weighted by molar-refractivity contribution is 7.57. The van der Waals surface area contributed by atoms with Gasteiger partial charge >= 0.3 is 0 Å². The van der Waals surface area contributed by atoms with Crippen LogP contribution in [0.2, 0.25) is 0 Å². The zero-order valence-electron chi connectivity index (χ0n) is 33.6. The van der Waals surface area contributed by atoms with Gasteiger partial charge in [-0.05, 0) is 20.8 Å². The summed E-state index contributed by atoms with van der Waals surface area (Å²) in [6.07, 6.45) is 3.04. The number of hydrogen-bond acceptors (Lipinski definition) is 20. The first-order valence-corrected chi connectivity index (χ1v) is 24.6. The van der Waals surface area contributed by atoms with Crippen LogP contribution in [0.5, 0.6) is 0 Å². The molecule has 3 unspecified atom stereocenters. The summed E-state index contributed by atoms with van der Waals surface area (Å²) in [6.45, 7) is 10.2. The Balaban J connectivity index is 0.000000198. The highest BCUT2D eigenvalue weighted by atomic mass is 31.2. The molecule has 6 heterocycles. The molecular formula is C30H50N17O10P3. The van der Waals surface area contributed by atoms with Gasteiger partial charge in [0.2, 0.25) is 40.0 Å². The van der Waals surface area contributed by atoms with Gasteiger partial charge < -0.3 is 71.3 Å². The summed E-state index contributed by atoms with van der Waals surface area (Å²) in [4.78, 5) is 73.6. The Bertz CT molecular complexity index is 2500. The second kappa shape index (κ2) is 19.5. The van der Waals surface area contributed by atoms with E-state index in [1.807, 2.05) is 0 Å². The van der Waals surface area contributed by atoms with Gasteiger partial charge in [0.25, 0.3) is 5.56 Å². The molecule has 0 saturated heterocycles. The maximum Gasteiger partial charge on any atom is 0.280 e. The van der Waals surface area contributed by atoms with E-state index in [4.69, 9.17) is 42.9 Å². The Kier molecular flexibility index (Phi) is 15.5. The lowest BCUT2D eigenvalue weighted by molar-refractivity contribution is 0.0829. The number of ether oxygens (including phenoxy) is 3. The van der Waals surface area contributed by atoms with Crippen molar-refractivity contribution in [1.29, 1.82) is 0 Å². The summed E-state index contributed by atoms with van der Waals surface area (Å²) in [7, 11) is -9.58. The van der Waals surface area contributed by atoms with Crippen LogP contribution < -0.4 is 34.2 Å². The molecule has 30 heteroatoms. The first-order chi connectivity index (χ1) is 27.8. The zero-order valence-corrected chi connectivity index (χ0v) is 36.2. The smallest absolute Gasteiger partial charge is 0.280 e. The van der Waals surface area contributed by atoms with Gasteiger partial charge in [0, 0.05) is 20.0 Å². The van der Waals surface area contributed by atoms with Crippen molar-refractivity contribution in [3.8, 4) is 0 Å². The molecule has 60 heavy (non-hydrogen) atoms. The molecule has 0 aromatic carbocycles. The fourth-order valence-corrected chi connectivity index (χ4v) is 6.72. The maximum atomic E-state index is 11.6. The van der Waals surface area contributed by atoms with E-state index in [9.17, 15) is 33.2 Å². The average Bonchev–Trinajstić information content (AvgIpc) is 3.83. The van der Waals surface area contributed by atoms with Crippen molar-refractivity contribution in [3.05, 3.63) is 29.3 Å². The number of nitrogen functional groups attached to an aromatic ring is 5. The highest BCUT2D eigenvalue weighted by Gasteiger charge is 2.19. The maximum absolute atomic E-state index is 11.6. The van der Waals surface area contributed by atoms with E-state index in [1.165, 1.54) is 26.3 Å². The first-order valence-electron chi connectivity index (χ1n) is 17.7. The Morgan fingerprint density at radius 3 is 1.23 bits per heavy atom. The molecule has 0 aliphatic carbocycles. The van der Waals surface area contributed by atoms with E-state index in [2.05, 4.69) is 44.9 Å². The third-order valence-electron chi connectivity index (χ3n) is 7.67. The Morgan fingerprint density at radius 1 is 0.583 bits per heavy atom. The van der Waals surface area contributed by atoms with Crippen LogP contribution in [0.4, 0.5) is 29.5 Å². The van der Waals surface area contributed by atoms with Gasteiger partial charge in [-0.25, -0.2) is 15.0 Å². The minimum Gasteiger partial charge on any atom is -0.382 e. The van der Waals surface area contributed by atoms with Crippen LogP contribution in [0.15, 0.2) is 23.8 Å². The zero-order chi connectivity index (χ0) is 44.7. The minimum absolute atomic E-state index is 0.00578. The van der Waals surface area contributed by atoms with Crippen molar-refractivity contribution in [2.45, 2.75) is 58.7 Å². The van der Waals surface area contributed by atoms with Gasteiger partial charge in [-0.1, -0.05) is 0 Å². The van der Waals surface area contributed by atoms with Crippen LogP contribution in [0, 0.1) is 0 Å². The van der Waals surface area contributed by atoms with E-state index in [-0.39, 0.29) is 72.4 Å². The van der Waals surface area contributed by atoms with Crippen LogP contribution in [0.25, 0.3) is 33.5 Å². The Labute approximate surface area is 341 Å². The van der Waals surface area contributed by atoms with Gasteiger partial charge in [0.05, 0.1) is 56.9 Å². The molecule has 27 nitrogen and oxygen atoms in total. The summed E-state index contributed by atoms with van der Waals surface area (Å²) in [5.41, 5.74) is 30.1. The Hall–Kier alpha value is -5.10. The first kappa shape index (κ1) is 47.6. The molecule has 6 rings (SSSR count). The standard InChI is InChI=1S/2C10H17N6O3P.C10H16N5O4P/c2*1-6(19-5-20(2,17)18)3-16-4-13-7-8(11)14-10(12)15-9(7)16;1-6(19-5-20(2,17)18)3-15-4-12-7-8(15)13-10(11)14-9(7)16/h2*4,6H,3,5H2,1-2H3,(H,17,18)(H4,11,12,14,15);4,6H,3,5H2,1-2H3,(H,17,18)(H3,11,13,14,16)/t3*6-/m111/s1. The number of fused-ring (bicyclic) bond motifs is 3. The van der Waals surface area contributed by atoms with Gasteiger partial charge in [0.15, 0.2) is 34.1 Å². The molecule has 0 saturated carbocycles. The molecule has 0 amide bonds. The van der Waals surface area contributed by atoms with Crippen LogP contribution >= 0.6 is 22.1 Å². The number of H-pyrrole nitrogens is 1. The van der Waals surface area contributed by atoms with Crippen molar-refractivity contribution < 1.29 is 42.6 Å². The van der Waals surface area contributed by atoms with Crippen LogP contribution in [0.3, 0.4) is 0 Å². The number of hydrogen-bond donors (Lipinski definition) is 9. The summed E-state index contributed by atoms with van der Waals surface area (Å²) in [6, 6.07) is 0. The van der Waals surface area contributed by atoms with Crippen molar-refractivity contribution >= 4 is 85.1 Å². The molecule has 6 aromatic rings. The molecule has 14 N–H and O–H groups in total. The largest absolute Gasteiger partial charge is 0.382 e. The fraction of sp³-hybridized carbons (Fsp3) is 0.500. The lowest BCUT2D eigenvalue weighted by Gasteiger charge is -2.15. The van der Waals surface area contributed by atoms with Crippen molar-refractivity contribution in [3.63, 3.8) is 0 Å². The quantitative estimate of drug-likeness (QED) is 0.0632. The van der Waals surface area contributed by atoms with Gasteiger partial charge in [-0.3, -0.25) is 23.5 Å². The van der Waals surface area contributed by atoms with E-state index >= 15 is 0 Å². The summed E-state index contributed by atoms with van der Waals surface area (Å²) in [5, 5.41) is 0. The van der Waals surface area contributed by atoms with Crippen molar-refractivity contribution in [2.75, 3.05) is 67.7 Å². The molecule has 0 aliphatic rings. The number of anilines is 5. The molecule has 330 valence electrons. The number of aromatic amines is 1. The lowest BCUT2D eigenvalue weighted by Crippen LogP contribution is -2.18. The molecule has 6 aromatic heterocycles. The molecule has 0 fully saturated rings. The lowest BCUT2D eigenvalue weighted by atomic mass is 10.4. The minimum atomic E-state index is -3.21. The third-order valence-corrected chi connectivity index (χ3v) is 9.55. The van der Waals surface area contributed by atoms with Crippen LogP contribution in [0.1, 0.15) is 20.8 Å². The van der Waals surface area contributed by atoms with Crippen LogP contribution in [-0.4, -0.2) is 131 Å². The number of nitrogens with zero attached hydrogens (tertiary/aromatic N) is 11. The van der Waals surface area contributed by atoms with E-state index in [0.29, 0.717) is 47.6 Å². The fourth-order valence-electron chi connectivity index (χ4n) is 5.12. The normalized spacial score (nSPS) is 16.1. The number of nitrogens with two attached hydrogens (primary N) is 5. The van der Waals surface area contributed by atoms with E-state index in [0.717, 1.165) is 0 Å². The molecule has 0 spiro atoms. The average molecular weight is 902 g/mol. The third kappa shape index (κ3) is 14.3. The second-order valence-corrected chi connectivity index (χ2v) is 21.1. The Morgan fingerprint density at radius 2 is 0.900 bits per heavy atom. The number of rotatable bonds is 15. The molecule has 0 aliphatic heterocycles. The molecule has 0 bridgehead atoms. The van der Waals surface area contributed by atoms with Gasteiger partial charge in [-0.15, -0.1) is 0 Å². The summed E-state index contributed by atoms with van der Waals surface area (Å²) < 4.78 is 54.5. The number of aromatic nitrogens is 12. The molecular weight excluding hydrogens is 851 g/mol. The van der Waals surface area contributed by atoms with Crippen molar-refractivity contribution in [2.24, 2.45) is 0 Å². The topological polar surface area (TPSA) is 420 Å². The molecule has 6 atom stereocenters. The summed E-state index contributed by atoms with van der Waals surface area (Å²) in [5.74, 6) is 0.574. The van der Waals surface area contributed by atoms with Gasteiger partial charge in [0.1, 0.15) is 30.1 Å². The van der Waals surface area contributed by atoms with E-state index < -0.39 is 27.7 Å². The van der Waals surface area contributed by atoms with E-state index in [1.54, 1.807) is 47.1 Å². The van der Waals surface area contributed by atoms with Crippen LogP contribution in [-0.2, 0) is 47.5 Å².